The SMILES string of the molecule is CCn1c(C)c[nH]c(C2CCOCC2)nccc1=O. The number of aromatic amines is 1. The number of ether oxygens (including phenoxy) is 1. The van der Waals surface area contributed by atoms with Gasteiger partial charge in [0.1, 0.15) is 5.82 Å². The van der Waals surface area contributed by atoms with Crippen LogP contribution in [0.1, 0.15) is 37.2 Å². The van der Waals surface area contributed by atoms with E-state index in [-0.39, 0.29) is 5.56 Å². The molecule has 0 saturated carbocycles. The van der Waals surface area contributed by atoms with E-state index in [0.29, 0.717) is 12.5 Å². The average Bonchev–Trinajstić information content (AvgIpc) is 2.50. The highest BCUT2D eigenvalue weighted by Crippen LogP contribution is 2.22. The summed E-state index contributed by atoms with van der Waals surface area (Å²) in [6.45, 7) is 6.09. The number of aromatic nitrogens is 3. The summed E-state index contributed by atoms with van der Waals surface area (Å²) < 4.78 is 7.08. The lowest BCUT2D eigenvalue weighted by atomic mass is 10.00. The van der Waals surface area contributed by atoms with E-state index in [2.05, 4.69) is 9.97 Å². The molecule has 0 unspecified atom stereocenters. The van der Waals surface area contributed by atoms with Gasteiger partial charge in [-0.1, -0.05) is 0 Å². The molecular formula is C14H21N3O2. The molecule has 2 heterocycles. The first kappa shape index (κ1) is 13.8. The molecule has 2 rings (SSSR count). The Kier molecular flexibility index (Phi) is 4.74. The van der Waals surface area contributed by atoms with Crippen LogP contribution in [0.5, 0.6) is 0 Å². The third kappa shape index (κ3) is 3.44. The second-order valence-electron chi connectivity index (χ2n) is 4.73. The van der Waals surface area contributed by atoms with E-state index in [1.54, 1.807) is 10.8 Å². The summed E-state index contributed by atoms with van der Waals surface area (Å²) in [6.07, 6.45) is 5.40. The molecule has 0 atom stereocenters. The average molecular weight is 263 g/mol. The van der Waals surface area contributed by atoms with Gasteiger partial charge in [0.15, 0.2) is 0 Å². The van der Waals surface area contributed by atoms with Crippen molar-refractivity contribution in [3.05, 3.63) is 40.3 Å². The Hall–Kier alpha value is -1.62. The molecule has 5 nitrogen and oxygen atoms in total. The first-order valence-electron chi connectivity index (χ1n) is 6.79. The molecule has 0 bridgehead atoms. The van der Waals surface area contributed by atoms with Crippen molar-refractivity contribution >= 4 is 0 Å². The van der Waals surface area contributed by atoms with Crippen molar-refractivity contribution in [1.29, 1.82) is 0 Å². The number of aryl methyl sites for hydroxylation is 1. The van der Waals surface area contributed by atoms with E-state index in [4.69, 9.17) is 4.74 Å². The van der Waals surface area contributed by atoms with Crippen LogP contribution in [0.4, 0.5) is 0 Å². The Morgan fingerprint density at radius 2 is 2.21 bits per heavy atom. The van der Waals surface area contributed by atoms with E-state index in [9.17, 15) is 4.79 Å². The molecule has 1 saturated heterocycles. The predicted octanol–water partition coefficient (Wildman–Crippen LogP) is 1.92. The first-order chi connectivity index (χ1) is 9.22. The van der Waals surface area contributed by atoms with Crippen molar-refractivity contribution < 1.29 is 4.74 Å². The minimum Gasteiger partial charge on any atom is -0.381 e. The maximum atomic E-state index is 11.9. The Balaban J connectivity index is 2.45. The lowest BCUT2D eigenvalue weighted by molar-refractivity contribution is 0.0836. The van der Waals surface area contributed by atoms with Crippen molar-refractivity contribution in [1.82, 2.24) is 14.5 Å². The Morgan fingerprint density at radius 1 is 1.47 bits per heavy atom. The monoisotopic (exact) mass is 263 g/mol. The van der Waals surface area contributed by atoms with Crippen LogP contribution in [-0.4, -0.2) is 27.7 Å². The summed E-state index contributed by atoms with van der Waals surface area (Å²) in [5, 5.41) is 0. The van der Waals surface area contributed by atoms with Crippen molar-refractivity contribution in [2.75, 3.05) is 13.2 Å². The van der Waals surface area contributed by atoms with Crippen LogP contribution in [0.15, 0.2) is 23.3 Å². The molecular weight excluding hydrogens is 242 g/mol. The maximum absolute atomic E-state index is 11.9. The largest absolute Gasteiger partial charge is 0.381 e. The zero-order valence-corrected chi connectivity index (χ0v) is 11.6. The van der Waals surface area contributed by atoms with Crippen LogP contribution in [0, 0.1) is 6.92 Å². The molecule has 0 aliphatic carbocycles. The predicted molar refractivity (Wildman–Crippen MR) is 73.7 cm³/mol. The number of rotatable bonds is 2. The Morgan fingerprint density at radius 3 is 2.89 bits per heavy atom. The minimum atomic E-state index is -0.0324. The second kappa shape index (κ2) is 6.52. The molecule has 1 aromatic rings. The first-order valence-corrected chi connectivity index (χ1v) is 6.79. The van der Waals surface area contributed by atoms with E-state index in [1.165, 1.54) is 6.07 Å². The Bertz CT molecular complexity index is 526. The molecule has 1 aromatic heterocycles. The van der Waals surface area contributed by atoms with Crippen molar-refractivity contribution in [2.45, 2.75) is 39.2 Å². The van der Waals surface area contributed by atoms with Gasteiger partial charge in [-0.25, -0.2) is 4.98 Å². The molecule has 1 aliphatic heterocycles. The highest BCUT2D eigenvalue weighted by molar-refractivity contribution is 5.00. The lowest BCUT2D eigenvalue weighted by Crippen LogP contribution is -2.17. The number of hydrogen-bond acceptors (Lipinski definition) is 3. The fourth-order valence-corrected chi connectivity index (χ4v) is 2.34. The molecule has 0 aromatic carbocycles. The normalized spacial score (nSPS) is 16.1. The zero-order valence-electron chi connectivity index (χ0n) is 11.6. The van der Waals surface area contributed by atoms with Crippen LogP contribution in [0.25, 0.3) is 0 Å². The summed E-state index contributed by atoms with van der Waals surface area (Å²) in [5.74, 6) is 1.30. The maximum Gasteiger partial charge on any atom is 0.252 e. The molecule has 0 amide bonds. The molecule has 5 heteroatoms. The summed E-state index contributed by atoms with van der Waals surface area (Å²) in [4.78, 5) is 19.6. The number of H-pyrrole nitrogens is 1. The third-order valence-corrected chi connectivity index (χ3v) is 3.48. The summed E-state index contributed by atoms with van der Waals surface area (Å²) in [7, 11) is 0. The van der Waals surface area contributed by atoms with Gasteiger partial charge in [-0.3, -0.25) is 4.79 Å². The molecule has 0 radical (unpaired) electrons. The standard InChI is InChI=1S/C14H21N3O2/c1-3-17-11(2)10-16-14(15-7-4-13(17)18)12-5-8-19-9-6-12/h4,7,10,12H,3,5-6,8-9H2,1-2H3,(H,15,16). The van der Waals surface area contributed by atoms with Crippen molar-refractivity contribution in [3.8, 4) is 0 Å². The Labute approximate surface area is 113 Å². The molecule has 104 valence electrons. The fourth-order valence-electron chi connectivity index (χ4n) is 2.34. The van der Waals surface area contributed by atoms with Crippen molar-refractivity contribution in [3.63, 3.8) is 0 Å². The number of nitrogens with zero attached hydrogens (tertiary/aromatic N) is 2. The molecule has 0 spiro atoms. The van der Waals surface area contributed by atoms with E-state index in [1.807, 2.05) is 20.0 Å². The van der Waals surface area contributed by atoms with Crippen LogP contribution in [0.3, 0.4) is 0 Å². The summed E-state index contributed by atoms with van der Waals surface area (Å²) in [6, 6.07) is 1.52. The van der Waals surface area contributed by atoms with Gasteiger partial charge >= 0.3 is 0 Å². The quantitative estimate of drug-likeness (QED) is 0.886. The topological polar surface area (TPSA) is 59.9 Å². The van der Waals surface area contributed by atoms with Gasteiger partial charge in [0.05, 0.1) is 0 Å². The molecule has 1 aliphatic rings. The third-order valence-electron chi connectivity index (χ3n) is 3.48. The highest BCUT2D eigenvalue weighted by Gasteiger charge is 2.16. The number of nitrogens with one attached hydrogen (secondary N) is 1. The van der Waals surface area contributed by atoms with Gasteiger partial charge in [-0.2, -0.15) is 0 Å². The van der Waals surface area contributed by atoms with Crippen LogP contribution < -0.4 is 5.56 Å². The van der Waals surface area contributed by atoms with Gasteiger partial charge in [-0.15, -0.1) is 0 Å². The van der Waals surface area contributed by atoms with Gasteiger partial charge in [0, 0.05) is 49.8 Å². The molecule has 1 N–H and O–H groups in total. The zero-order chi connectivity index (χ0) is 13.7. The van der Waals surface area contributed by atoms with Gasteiger partial charge < -0.3 is 14.3 Å². The highest BCUT2D eigenvalue weighted by atomic mass is 16.5. The summed E-state index contributed by atoms with van der Waals surface area (Å²) in [5.41, 5.74) is 0.869. The van der Waals surface area contributed by atoms with Gasteiger partial charge in [0.25, 0.3) is 5.56 Å². The van der Waals surface area contributed by atoms with E-state index >= 15 is 0 Å². The van der Waals surface area contributed by atoms with Gasteiger partial charge in [-0.05, 0) is 26.7 Å². The fraction of sp³-hybridized carbons (Fsp3) is 0.571. The molecule has 1 fully saturated rings. The van der Waals surface area contributed by atoms with Crippen molar-refractivity contribution in [2.24, 2.45) is 0 Å². The van der Waals surface area contributed by atoms with Crippen LogP contribution >= 0.6 is 0 Å². The minimum absolute atomic E-state index is 0.0324. The van der Waals surface area contributed by atoms with E-state index in [0.717, 1.165) is 37.6 Å². The molecule has 19 heavy (non-hydrogen) atoms. The van der Waals surface area contributed by atoms with Crippen LogP contribution in [0.2, 0.25) is 0 Å². The van der Waals surface area contributed by atoms with E-state index < -0.39 is 0 Å². The van der Waals surface area contributed by atoms with Crippen LogP contribution in [-0.2, 0) is 11.3 Å². The lowest BCUT2D eigenvalue weighted by Gasteiger charge is -2.20. The summed E-state index contributed by atoms with van der Waals surface area (Å²) >= 11 is 0. The second-order valence-corrected chi connectivity index (χ2v) is 4.73. The van der Waals surface area contributed by atoms with Gasteiger partial charge in [0.2, 0.25) is 0 Å². The smallest absolute Gasteiger partial charge is 0.252 e. The number of hydrogen-bond donors (Lipinski definition) is 1.